The molecule has 2 aromatic carbocycles. The smallest absolute Gasteiger partial charge is 0.249 e. The van der Waals surface area contributed by atoms with Crippen LogP contribution in [0.3, 0.4) is 0 Å². The van der Waals surface area contributed by atoms with Crippen LogP contribution in [-0.2, 0) is 0 Å². The number of hydrogen-bond acceptors (Lipinski definition) is 7. The third-order valence-electron chi connectivity index (χ3n) is 5.28. The van der Waals surface area contributed by atoms with E-state index in [0.717, 1.165) is 17.8 Å². The lowest BCUT2D eigenvalue weighted by Crippen LogP contribution is -2.13. The van der Waals surface area contributed by atoms with Crippen molar-refractivity contribution in [2.24, 2.45) is 0 Å². The van der Waals surface area contributed by atoms with E-state index in [0.29, 0.717) is 33.0 Å². The lowest BCUT2D eigenvalue weighted by atomic mass is 10.0. The van der Waals surface area contributed by atoms with Gasteiger partial charge in [-0.25, -0.2) is 9.37 Å². The predicted octanol–water partition coefficient (Wildman–Crippen LogP) is 5.50. The van der Waals surface area contributed by atoms with Crippen molar-refractivity contribution < 1.29 is 8.78 Å². The minimum atomic E-state index is -1.22. The average Bonchev–Trinajstić information content (AvgIpc) is 3.40. The highest BCUT2D eigenvalue weighted by Gasteiger charge is 2.20. The van der Waals surface area contributed by atoms with Crippen molar-refractivity contribution in [3.63, 3.8) is 0 Å². The molecule has 11 heteroatoms. The number of pyridine rings is 2. The molecule has 0 aliphatic rings. The van der Waals surface area contributed by atoms with Crippen molar-refractivity contribution in [2.75, 3.05) is 10.6 Å². The first-order valence-corrected chi connectivity index (χ1v) is 10.7. The number of halogens is 3. The molecule has 0 aliphatic heterocycles. The van der Waals surface area contributed by atoms with E-state index in [2.05, 4.69) is 42.1 Å². The zero-order valence-corrected chi connectivity index (χ0v) is 18.6. The van der Waals surface area contributed by atoms with Gasteiger partial charge in [0.2, 0.25) is 5.95 Å². The Morgan fingerprint density at radius 3 is 2.57 bits per heavy atom. The average molecular weight is 489 g/mol. The van der Waals surface area contributed by atoms with Crippen LogP contribution in [0.5, 0.6) is 0 Å². The Morgan fingerprint density at radius 2 is 1.86 bits per heavy atom. The maximum absolute atomic E-state index is 13.7. The number of hydrogen-bond donors (Lipinski definition) is 3. The van der Waals surface area contributed by atoms with Crippen molar-refractivity contribution in [3.8, 4) is 6.07 Å². The molecule has 0 bridgehead atoms. The van der Waals surface area contributed by atoms with Crippen molar-refractivity contribution in [2.45, 2.75) is 6.04 Å². The van der Waals surface area contributed by atoms with Gasteiger partial charge in [0.1, 0.15) is 11.8 Å². The van der Waals surface area contributed by atoms with Gasteiger partial charge in [-0.2, -0.15) is 25.1 Å². The van der Waals surface area contributed by atoms with Crippen LogP contribution in [-0.4, -0.2) is 25.4 Å². The van der Waals surface area contributed by atoms with Gasteiger partial charge in [0.15, 0.2) is 5.82 Å². The lowest BCUT2D eigenvalue weighted by molar-refractivity contribution is 0.480. The van der Waals surface area contributed by atoms with Crippen LogP contribution in [0.25, 0.3) is 10.9 Å². The summed E-state index contributed by atoms with van der Waals surface area (Å²) in [5.74, 6) is -2.34. The SMILES string of the molecule is N#Cc1cnc2c(N[C@@H](c3ccccc3)c3cn[nH]n3)cc(Cl)cc2c1Nc1cnc(F)c(F)c1. The summed E-state index contributed by atoms with van der Waals surface area (Å²) in [6.45, 7) is 0. The summed E-state index contributed by atoms with van der Waals surface area (Å²) in [7, 11) is 0. The van der Waals surface area contributed by atoms with Crippen LogP contribution >= 0.6 is 11.6 Å². The largest absolute Gasteiger partial charge is 0.371 e. The van der Waals surface area contributed by atoms with Gasteiger partial charge >= 0.3 is 0 Å². The molecule has 1 atom stereocenters. The molecule has 0 amide bonds. The van der Waals surface area contributed by atoms with Crippen LogP contribution in [0.4, 0.5) is 25.8 Å². The molecule has 35 heavy (non-hydrogen) atoms. The van der Waals surface area contributed by atoms with Crippen molar-refractivity contribution in [3.05, 3.63) is 101 Å². The second-order valence-electron chi connectivity index (χ2n) is 7.51. The maximum atomic E-state index is 13.7. The summed E-state index contributed by atoms with van der Waals surface area (Å²) in [6.07, 6.45) is 4.14. The highest BCUT2D eigenvalue weighted by molar-refractivity contribution is 6.32. The molecule has 3 aromatic heterocycles. The minimum Gasteiger partial charge on any atom is -0.371 e. The molecule has 0 spiro atoms. The second-order valence-corrected chi connectivity index (χ2v) is 7.95. The number of nitriles is 1. The van der Waals surface area contributed by atoms with Crippen LogP contribution < -0.4 is 10.6 Å². The van der Waals surface area contributed by atoms with E-state index in [1.165, 1.54) is 6.20 Å². The van der Waals surface area contributed by atoms with E-state index in [-0.39, 0.29) is 17.3 Å². The molecular formula is C24H15ClF2N8. The Morgan fingerprint density at radius 1 is 1.03 bits per heavy atom. The fourth-order valence-corrected chi connectivity index (χ4v) is 3.93. The molecule has 0 fully saturated rings. The minimum absolute atomic E-state index is 0.159. The van der Waals surface area contributed by atoms with Crippen LogP contribution in [0, 0.1) is 23.1 Å². The number of aromatic nitrogens is 5. The Labute approximate surface area is 202 Å². The molecule has 0 radical (unpaired) electrons. The van der Waals surface area contributed by atoms with E-state index in [1.54, 1.807) is 18.3 Å². The van der Waals surface area contributed by atoms with E-state index in [1.807, 2.05) is 30.3 Å². The molecule has 8 nitrogen and oxygen atoms in total. The van der Waals surface area contributed by atoms with Crippen LogP contribution in [0.15, 0.2) is 67.1 Å². The molecule has 5 aromatic rings. The topological polar surface area (TPSA) is 115 Å². The molecule has 5 rings (SSSR count). The van der Waals surface area contributed by atoms with E-state index >= 15 is 0 Å². The zero-order valence-electron chi connectivity index (χ0n) is 17.8. The maximum Gasteiger partial charge on any atom is 0.249 e. The summed E-state index contributed by atoms with van der Waals surface area (Å²) < 4.78 is 27.1. The Balaban J connectivity index is 1.64. The normalized spacial score (nSPS) is 11.7. The standard InChI is InChI=1S/C24H15ClF2N8/c25-15-6-17-21(32-16-8-18(26)24(27)30-11-16)14(9-28)10-29-23(17)19(7-15)33-22(20-12-31-35-34-20)13-4-2-1-3-5-13/h1-8,10-12,22,33H,(H,29,32)(H,31,34,35)/t22-/m0/s1. The zero-order chi connectivity index (χ0) is 24.4. The number of aromatic amines is 1. The molecule has 172 valence electrons. The van der Waals surface area contributed by atoms with Gasteiger partial charge in [-0.3, -0.25) is 4.98 Å². The summed E-state index contributed by atoms with van der Waals surface area (Å²) in [5, 5.41) is 27.7. The summed E-state index contributed by atoms with van der Waals surface area (Å²) >= 11 is 6.46. The number of rotatable bonds is 6. The summed E-state index contributed by atoms with van der Waals surface area (Å²) in [4.78, 5) is 7.87. The predicted molar refractivity (Wildman–Crippen MR) is 127 cm³/mol. The summed E-state index contributed by atoms with van der Waals surface area (Å²) in [5.41, 5.74) is 3.31. The summed E-state index contributed by atoms with van der Waals surface area (Å²) in [6, 6.07) is 15.6. The van der Waals surface area contributed by atoms with Gasteiger partial charge in [-0.15, -0.1) is 0 Å². The van der Waals surface area contributed by atoms with Crippen LogP contribution in [0.1, 0.15) is 22.9 Å². The molecule has 3 heterocycles. The molecule has 3 N–H and O–H groups in total. The fraction of sp³-hybridized carbons (Fsp3) is 0.0417. The van der Waals surface area contributed by atoms with Gasteiger partial charge in [0.25, 0.3) is 0 Å². The van der Waals surface area contributed by atoms with Crippen molar-refractivity contribution in [1.82, 2.24) is 25.4 Å². The quantitative estimate of drug-likeness (QED) is 0.270. The molecule has 0 unspecified atom stereocenters. The molecule has 0 aliphatic carbocycles. The monoisotopic (exact) mass is 488 g/mol. The number of nitrogens with zero attached hydrogens (tertiary/aromatic N) is 5. The van der Waals surface area contributed by atoms with E-state index in [4.69, 9.17) is 11.6 Å². The van der Waals surface area contributed by atoms with E-state index < -0.39 is 11.8 Å². The van der Waals surface area contributed by atoms with Gasteiger partial charge in [-0.1, -0.05) is 41.9 Å². The van der Waals surface area contributed by atoms with Crippen molar-refractivity contribution >= 4 is 39.6 Å². The first kappa shape index (κ1) is 22.2. The number of fused-ring (bicyclic) bond motifs is 1. The number of anilines is 3. The number of nitrogens with one attached hydrogen (secondary N) is 3. The van der Waals surface area contributed by atoms with Gasteiger partial charge < -0.3 is 10.6 Å². The third-order valence-corrected chi connectivity index (χ3v) is 5.50. The Kier molecular flexibility index (Phi) is 5.91. The first-order chi connectivity index (χ1) is 17.0. The number of H-pyrrole nitrogens is 1. The Bertz CT molecular complexity index is 1550. The fourth-order valence-electron chi connectivity index (χ4n) is 3.71. The van der Waals surface area contributed by atoms with Gasteiger partial charge in [0.05, 0.1) is 46.6 Å². The lowest BCUT2D eigenvalue weighted by Gasteiger charge is -2.20. The first-order valence-electron chi connectivity index (χ1n) is 10.3. The molecule has 0 saturated carbocycles. The molecule has 0 saturated heterocycles. The molecular weight excluding hydrogens is 474 g/mol. The third kappa shape index (κ3) is 4.45. The van der Waals surface area contributed by atoms with Crippen molar-refractivity contribution in [1.29, 1.82) is 5.26 Å². The van der Waals surface area contributed by atoms with Crippen LogP contribution in [0.2, 0.25) is 5.02 Å². The second kappa shape index (κ2) is 9.32. The van der Waals surface area contributed by atoms with Gasteiger partial charge in [-0.05, 0) is 17.7 Å². The Hall–Kier alpha value is -4.62. The highest BCUT2D eigenvalue weighted by atomic mass is 35.5. The van der Waals surface area contributed by atoms with Gasteiger partial charge in [0, 0.05) is 22.7 Å². The van der Waals surface area contributed by atoms with E-state index in [9.17, 15) is 14.0 Å². The number of benzene rings is 2. The highest BCUT2D eigenvalue weighted by Crippen LogP contribution is 2.37.